The van der Waals surface area contributed by atoms with Gasteiger partial charge in [-0.25, -0.2) is 13.8 Å². The minimum atomic E-state index is -1.27. The first-order chi connectivity index (χ1) is 8.02. The number of carboxylic acids is 1. The van der Waals surface area contributed by atoms with Gasteiger partial charge in [0.15, 0.2) is 5.82 Å². The average molecular weight is 245 g/mol. The number of hydrogen-bond donors (Lipinski definition) is 1. The lowest BCUT2D eigenvalue weighted by Crippen LogP contribution is -2.16. The molecule has 1 rings (SSSR count). The fourth-order valence-corrected chi connectivity index (χ4v) is 1.60. The van der Waals surface area contributed by atoms with Crippen molar-refractivity contribution < 1.29 is 23.4 Å². The lowest BCUT2D eigenvalue weighted by atomic mass is 9.94. The maximum Gasteiger partial charge on any atom is 0.311 e. The molecule has 1 unspecified atom stereocenters. The summed E-state index contributed by atoms with van der Waals surface area (Å²) in [6.07, 6.45) is 1.42. The van der Waals surface area contributed by atoms with Crippen molar-refractivity contribution in [2.24, 2.45) is 0 Å². The maximum atomic E-state index is 13.8. The van der Waals surface area contributed by atoms with E-state index >= 15 is 0 Å². The molecule has 0 aromatic carbocycles. The van der Waals surface area contributed by atoms with Gasteiger partial charge in [0.25, 0.3) is 5.88 Å². The van der Waals surface area contributed by atoms with E-state index in [0.29, 0.717) is 6.42 Å². The summed E-state index contributed by atoms with van der Waals surface area (Å²) in [7, 11) is 1.18. The first kappa shape index (κ1) is 13.3. The quantitative estimate of drug-likeness (QED) is 0.864. The first-order valence-electron chi connectivity index (χ1n) is 5.13. The largest absolute Gasteiger partial charge is 0.481 e. The van der Waals surface area contributed by atoms with Crippen LogP contribution < -0.4 is 4.74 Å². The van der Waals surface area contributed by atoms with Crippen LogP contribution in [-0.4, -0.2) is 23.2 Å². The van der Waals surface area contributed by atoms with Crippen molar-refractivity contribution >= 4 is 5.97 Å². The number of aliphatic carboxylic acids is 1. The molecule has 4 nitrogen and oxygen atoms in total. The zero-order valence-electron chi connectivity index (χ0n) is 9.54. The van der Waals surface area contributed by atoms with Crippen LogP contribution in [0.1, 0.15) is 31.2 Å². The number of hydrogen-bond acceptors (Lipinski definition) is 3. The van der Waals surface area contributed by atoms with Crippen LogP contribution in [0, 0.1) is 11.6 Å². The summed E-state index contributed by atoms with van der Waals surface area (Å²) < 4.78 is 31.9. The second-order valence-electron chi connectivity index (χ2n) is 3.52. The Morgan fingerprint density at radius 2 is 2.24 bits per heavy atom. The molecule has 0 saturated carbocycles. The SMILES string of the molecule is CCCC(C(=O)O)c1c(F)cnc(OC)c1F. The summed E-state index contributed by atoms with van der Waals surface area (Å²) in [6.45, 7) is 1.74. The van der Waals surface area contributed by atoms with Crippen LogP contribution in [0.3, 0.4) is 0 Å². The second kappa shape index (κ2) is 5.56. The van der Waals surface area contributed by atoms with Crippen LogP contribution in [0.25, 0.3) is 0 Å². The number of methoxy groups -OCH3 is 1. The molecule has 94 valence electrons. The molecule has 0 aliphatic heterocycles. The molecule has 0 aliphatic rings. The summed E-state index contributed by atoms with van der Waals surface area (Å²) in [5, 5.41) is 8.98. The fourth-order valence-electron chi connectivity index (χ4n) is 1.60. The lowest BCUT2D eigenvalue weighted by Gasteiger charge is -2.14. The third-order valence-electron chi connectivity index (χ3n) is 2.39. The smallest absolute Gasteiger partial charge is 0.311 e. The Hall–Kier alpha value is -1.72. The fraction of sp³-hybridized carbons (Fsp3) is 0.455. The van der Waals surface area contributed by atoms with Crippen LogP contribution >= 0.6 is 0 Å². The number of rotatable bonds is 5. The van der Waals surface area contributed by atoms with Crippen LogP contribution in [0.5, 0.6) is 5.88 Å². The van der Waals surface area contributed by atoms with Crippen LogP contribution in [0.2, 0.25) is 0 Å². The third kappa shape index (κ3) is 2.69. The van der Waals surface area contributed by atoms with E-state index in [0.717, 1.165) is 6.20 Å². The highest BCUT2D eigenvalue weighted by Crippen LogP contribution is 2.30. The van der Waals surface area contributed by atoms with Gasteiger partial charge in [-0.15, -0.1) is 0 Å². The Morgan fingerprint density at radius 1 is 1.59 bits per heavy atom. The maximum absolute atomic E-state index is 13.8. The van der Waals surface area contributed by atoms with Gasteiger partial charge >= 0.3 is 5.97 Å². The van der Waals surface area contributed by atoms with Gasteiger partial charge in [-0.3, -0.25) is 4.79 Å². The van der Waals surface area contributed by atoms with E-state index in [1.54, 1.807) is 6.92 Å². The normalized spacial score (nSPS) is 12.2. The van der Waals surface area contributed by atoms with Crippen molar-refractivity contribution in [1.29, 1.82) is 0 Å². The molecule has 6 heteroatoms. The molecule has 0 amide bonds. The van der Waals surface area contributed by atoms with Gasteiger partial charge in [0.1, 0.15) is 5.82 Å². The third-order valence-corrected chi connectivity index (χ3v) is 2.39. The molecular formula is C11H13F2NO3. The van der Waals surface area contributed by atoms with Crippen molar-refractivity contribution in [3.05, 3.63) is 23.4 Å². The highest BCUT2D eigenvalue weighted by Gasteiger charge is 2.28. The topological polar surface area (TPSA) is 59.4 Å². The monoisotopic (exact) mass is 245 g/mol. The van der Waals surface area contributed by atoms with Crippen LogP contribution in [-0.2, 0) is 4.79 Å². The zero-order valence-corrected chi connectivity index (χ0v) is 9.54. The van der Waals surface area contributed by atoms with Crippen LogP contribution in [0.15, 0.2) is 6.20 Å². The highest BCUT2D eigenvalue weighted by molar-refractivity contribution is 5.76. The van der Waals surface area contributed by atoms with Crippen molar-refractivity contribution in [3.63, 3.8) is 0 Å². The number of pyridine rings is 1. The lowest BCUT2D eigenvalue weighted by molar-refractivity contribution is -0.139. The second-order valence-corrected chi connectivity index (χ2v) is 3.52. The molecule has 0 fully saturated rings. The Bertz CT molecular complexity index is 423. The number of aromatic nitrogens is 1. The molecule has 0 spiro atoms. The number of carbonyl (C=O) groups is 1. The van der Waals surface area contributed by atoms with Gasteiger partial charge < -0.3 is 9.84 Å². The molecule has 0 saturated heterocycles. The minimum absolute atomic E-state index is 0.149. The van der Waals surface area contributed by atoms with Crippen LogP contribution in [0.4, 0.5) is 8.78 Å². The van der Waals surface area contributed by atoms with E-state index in [1.165, 1.54) is 7.11 Å². The van der Waals surface area contributed by atoms with Gasteiger partial charge in [-0.2, -0.15) is 0 Å². The van der Waals surface area contributed by atoms with Gasteiger partial charge in [0.2, 0.25) is 0 Å². The van der Waals surface area contributed by atoms with Crippen molar-refractivity contribution in [1.82, 2.24) is 4.98 Å². The van der Waals surface area contributed by atoms with E-state index < -0.39 is 35.0 Å². The van der Waals surface area contributed by atoms with Gasteiger partial charge in [-0.05, 0) is 6.42 Å². The Labute approximate surface area is 97.2 Å². The van der Waals surface area contributed by atoms with Crippen molar-refractivity contribution in [3.8, 4) is 5.88 Å². The number of ether oxygens (including phenoxy) is 1. The number of carboxylic acid groups (broad SMARTS) is 1. The molecule has 0 radical (unpaired) electrons. The molecule has 1 heterocycles. The Balaban J connectivity index is 3.30. The molecule has 0 aliphatic carbocycles. The summed E-state index contributed by atoms with van der Waals surface area (Å²) in [4.78, 5) is 14.4. The summed E-state index contributed by atoms with van der Waals surface area (Å²) in [6, 6.07) is 0. The van der Waals surface area contributed by atoms with E-state index in [4.69, 9.17) is 5.11 Å². The van der Waals surface area contributed by atoms with Gasteiger partial charge in [-0.1, -0.05) is 13.3 Å². The molecule has 1 N–H and O–H groups in total. The molecule has 0 bridgehead atoms. The predicted molar refractivity (Wildman–Crippen MR) is 56.0 cm³/mol. The van der Waals surface area contributed by atoms with Gasteiger partial charge in [0.05, 0.1) is 19.2 Å². The highest BCUT2D eigenvalue weighted by atomic mass is 19.1. The Kier molecular flexibility index (Phi) is 4.37. The first-order valence-corrected chi connectivity index (χ1v) is 5.13. The standard InChI is InChI=1S/C11H13F2NO3/c1-3-4-6(11(15)16)8-7(12)5-14-10(17-2)9(8)13/h5-6H,3-4H2,1-2H3,(H,15,16). The minimum Gasteiger partial charge on any atom is -0.481 e. The molecule has 1 atom stereocenters. The van der Waals surface area contributed by atoms with E-state index in [1.807, 2.05) is 0 Å². The van der Waals surface area contributed by atoms with Crippen molar-refractivity contribution in [2.45, 2.75) is 25.7 Å². The number of nitrogens with zero attached hydrogens (tertiary/aromatic N) is 1. The molecule has 1 aromatic heterocycles. The predicted octanol–water partition coefficient (Wildman–Crippen LogP) is 2.34. The summed E-state index contributed by atoms with van der Waals surface area (Å²) >= 11 is 0. The summed E-state index contributed by atoms with van der Waals surface area (Å²) in [5.41, 5.74) is -0.494. The summed E-state index contributed by atoms with van der Waals surface area (Å²) in [5.74, 6) is -4.91. The van der Waals surface area contributed by atoms with Gasteiger partial charge in [0, 0.05) is 5.56 Å². The molecular weight excluding hydrogens is 232 g/mol. The molecule has 1 aromatic rings. The Morgan fingerprint density at radius 3 is 2.71 bits per heavy atom. The average Bonchev–Trinajstić information content (AvgIpc) is 2.28. The van der Waals surface area contributed by atoms with E-state index in [-0.39, 0.29) is 6.42 Å². The molecule has 17 heavy (non-hydrogen) atoms. The zero-order chi connectivity index (χ0) is 13.0. The van der Waals surface area contributed by atoms with E-state index in [2.05, 4.69) is 9.72 Å². The van der Waals surface area contributed by atoms with Crippen molar-refractivity contribution in [2.75, 3.05) is 7.11 Å². The number of halogens is 2. The van der Waals surface area contributed by atoms with E-state index in [9.17, 15) is 13.6 Å².